The van der Waals surface area contributed by atoms with Crippen LogP contribution >= 0.6 is 0 Å². The average molecular weight is 260 g/mol. The number of nitriles is 1. The standard InChI is InChI=1S/C15H20N2O2/c1-11(18)14-4-3-12(10-16)9-15(14)17-7-5-13(19-2)6-8-17/h3-4,9,11,13,18H,5-8H2,1-2H3/t11-/m1/s1. The van der Waals surface area contributed by atoms with E-state index in [1.165, 1.54) is 0 Å². The lowest BCUT2D eigenvalue weighted by atomic mass is 10.0. The molecule has 0 aliphatic carbocycles. The predicted octanol–water partition coefficient (Wildman–Crippen LogP) is 2.23. The number of aliphatic hydroxyl groups is 1. The molecule has 1 heterocycles. The van der Waals surface area contributed by atoms with E-state index < -0.39 is 6.10 Å². The number of piperidine rings is 1. The minimum Gasteiger partial charge on any atom is -0.389 e. The van der Waals surface area contributed by atoms with E-state index in [2.05, 4.69) is 11.0 Å². The van der Waals surface area contributed by atoms with E-state index in [9.17, 15) is 5.11 Å². The van der Waals surface area contributed by atoms with Gasteiger partial charge in [0, 0.05) is 31.5 Å². The molecule has 1 saturated heterocycles. The highest BCUT2D eigenvalue weighted by Crippen LogP contribution is 2.30. The third kappa shape index (κ3) is 3.06. The molecule has 0 amide bonds. The lowest BCUT2D eigenvalue weighted by molar-refractivity contribution is 0.0818. The van der Waals surface area contributed by atoms with Gasteiger partial charge in [-0.05, 0) is 31.9 Å². The highest BCUT2D eigenvalue weighted by Gasteiger charge is 2.22. The lowest BCUT2D eigenvalue weighted by Gasteiger charge is -2.34. The van der Waals surface area contributed by atoms with Gasteiger partial charge in [0.2, 0.25) is 0 Å². The fourth-order valence-electron chi connectivity index (χ4n) is 2.57. The summed E-state index contributed by atoms with van der Waals surface area (Å²) in [5.74, 6) is 0. The van der Waals surface area contributed by atoms with Gasteiger partial charge in [-0.3, -0.25) is 0 Å². The second kappa shape index (κ2) is 6.05. The number of rotatable bonds is 3. The molecule has 1 N–H and O–H groups in total. The highest BCUT2D eigenvalue weighted by atomic mass is 16.5. The van der Waals surface area contributed by atoms with E-state index in [0.717, 1.165) is 37.2 Å². The van der Waals surface area contributed by atoms with E-state index in [4.69, 9.17) is 10.00 Å². The van der Waals surface area contributed by atoms with Crippen LogP contribution in [0, 0.1) is 11.3 Å². The van der Waals surface area contributed by atoms with Gasteiger partial charge in [-0.25, -0.2) is 0 Å². The van der Waals surface area contributed by atoms with Gasteiger partial charge in [0.15, 0.2) is 0 Å². The maximum atomic E-state index is 9.86. The van der Waals surface area contributed by atoms with Gasteiger partial charge in [0.1, 0.15) is 0 Å². The van der Waals surface area contributed by atoms with Gasteiger partial charge in [0.05, 0.1) is 23.8 Å². The Bertz CT molecular complexity index is 472. The van der Waals surface area contributed by atoms with Gasteiger partial charge in [-0.2, -0.15) is 5.26 Å². The number of hydrogen-bond acceptors (Lipinski definition) is 4. The van der Waals surface area contributed by atoms with Crippen LogP contribution < -0.4 is 4.90 Å². The first-order chi connectivity index (χ1) is 9.15. The molecule has 4 nitrogen and oxygen atoms in total. The number of aliphatic hydroxyl groups excluding tert-OH is 1. The minimum absolute atomic E-state index is 0.324. The summed E-state index contributed by atoms with van der Waals surface area (Å²) in [6, 6.07) is 7.64. The molecule has 1 aliphatic heterocycles. The van der Waals surface area contributed by atoms with Crippen molar-refractivity contribution in [3.8, 4) is 6.07 Å². The summed E-state index contributed by atoms with van der Waals surface area (Å²) in [5, 5.41) is 18.9. The van der Waals surface area contributed by atoms with Gasteiger partial charge in [0.25, 0.3) is 0 Å². The van der Waals surface area contributed by atoms with Crippen molar-refractivity contribution >= 4 is 5.69 Å². The van der Waals surface area contributed by atoms with Crippen molar-refractivity contribution in [2.75, 3.05) is 25.1 Å². The Hall–Kier alpha value is -1.57. The summed E-state index contributed by atoms with van der Waals surface area (Å²) in [7, 11) is 1.75. The fourth-order valence-corrected chi connectivity index (χ4v) is 2.57. The van der Waals surface area contributed by atoms with Crippen LogP contribution in [-0.4, -0.2) is 31.4 Å². The summed E-state index contributed by atoms with van der Waals surface area (Å²) in [4.78, 5) is 2.23. The number of ether oxygens (including phenoxy) is 1. The Morgan fingerprint density at radius 2 is 2.11 bits per heavy atom. The largest absolute Gasteiger partial charge is 0.389 e. The molecule has 0 bridgehead atoms. The minimum atomic E-state index is -0.525. The molecular formula is C15H20N2O2. The number of methoxy groups -OCH3 is 1. The Labute approximate surface area is 114 Å². The quantitative estimate of drug-likeness (QED) is 0.905. The average Bonchev–Trinajstić information content (AvgIpc) is 2.46. The molecule has 19 heavy (non-hydrogen) atoms. The van der Waals surface area contributed by atoms with E-state index in [0.29, 0.717) is 11.7 Å². The van der Waals surface area contributed by atoms with Crippen molar-refractivity contribution < 1.29 is 9.84 Å². The summed E-state index contributed by atoms with van der Waals surface area (Å²) in [6.07, 6.45) is 1.76. The molecule has 0 aromatic heterocycles. The second-order valence-electron chi connectivity index (χ2n) is 4.98. The molecule has 102 valence electrons. The van der Waals surface area contributed by atoms with Crippen molar-refractivity contribution in [3.05, 3.63) is 29.3 Å². The number of anilines is 1. The van der Waals surface area contributed by atoms with Gasteiger partial charge in [-0.15, -0.1) is 0 Å². The molecular weight excluding hydrogens is 240 g/mol. The maximum Gasteiger partial charge on any atom is 0.0992 e. The monoisotopic (exact) mass is 260 g/mol. The number of hydrogen-bond donors (Lipinski definition) is 1. The van der Waals surface area contributed by atoms with Crippen LogP contribution in [0.15, 0.2) is 18.2 Å². The van der Waals surface area contributed by atoms with E-state index in [-0.39, 0.29) is 0 Å². The predicted molar refractivity (Wildman–Crippen MR) is 74.0 cm³/mol. The zero-order valence-electron chi connectivity index (χ0n) is 11.5. The first kappa shape index (κ1) is 13.9. The van der Waals surface area contributed by atoms with Crippen LogP contribution in [0.1, 0.15) is 37.0 Å². The Morgan fingerprint density at radius 1 is 1.42 bits per heavy atom. The molecule has 1 aromatic rings. The Balaban J connectivity index is 2.25. The molecule has 1 atom stereocenters. The van der Waals surface area contributed by atoms with Crippen molar-refractivity contribution in [2.24, 2.45) is 0 Å². The van der Waals surface area contributed by atoms with Crippen molar-refractivity contribution in [1.29, 1.82) is 5.26 Å². The normalized spacial score (nSPS) is 18.1. The summed E-state index contributed by atoms with van der Waals surface area (Å²) < 4.78 is 5.37. The molecule has 0 saturated carbocycles. The Kier molecular flexibility index (Phi) is 4.41. The molecule has 1 aliphatic rings. The van der Waals surface area contributed by atoms with Crippen LogP contribution in [0.4, 0.5) is 5.69 Å². The first-order valence-corrected chi connectivity index (χ1v) is 6.65. The Morgan fingerprint density at radius 3 is 2.63 bits per heavy atom. The van der Waals surface area contributed by atoms with Gasteiger partial charge in [-0.1, -0.05) is 6.07 Å². The second-order valence-corrected chi connectivity index (χ2v) is 4.98. The fraction of sp³-hybridized carbons (Fsp3) is 0.533. The first-order valence-electron chi connectivity index (χ1n) is 6.65. The number of nitrogens with zero attached hydrogens (tertiary/aromatic N) is 2. The molecule has 1 fully saturated rings. The van der Waals surface area contributed by atoms with Crippen LogP contribution in [0.2, 0.25) is 0 Å². The zero-order valence-corrected chi connectivity index (χ0v) is 11.5. The summed E-state index contributed by atoms with van der Waals surface area (Å²) in [6.45, 7) is 3.55. The van der Waals surface area contributed by atoms with Crippen LogP contribution in [0.25, 0.3) is 0 Å². The SMILES string of the molecule is COC1CCN(c2cc(C#N)ccc2[C@@H](C)O)CC1. The van der Waals surface area contributed by atoms with Gasteiger partial charge < -0.3 is 14.7 Å². The molecule has 2 rings (SSSR count). The van der Waals surface area contributed by atoms with Crippen molar-refractivity contribution in [3.63, 3.8) is 0 Å². The molecule has 4 heteroatoms. The van der Waals surface area contributed by atoms with Crippen LogP contribution in [-0.2, 0) is 4.74 Å². The van der Waals surface area contributed by atoms with E-state index in [1.807, 2.05) is 12.1 Å². The molecule has 1 aromatic carbocycles. The third-order valence-electron chi connectivity index (χ3n) is 3.73. The van der Waals surface area contributed by atoms with Crippen LogP contribution in [0.3, 0.4) is 0 Å². The van der Waals surface area contributed by atoms with Gasteiger partial charge >= 0.3 is 0 Å². The maximum absolute atomic E-state index is 9.86. The zero-order chi connectivity index (χ0) is 13.8. The number of benzene rings is 1. The third-order valence-corrected chi connectivity index (χ3v) is 3.73. The smallest absolute Gasteiger partial charge is 0.0992 e. The van der Waals surface area contributed by atoms with Crippen LogP contribution in [0.5, 0.6) is 0 Å². The van der Waals surface area contributed by atoms with E-state index in [1.54, 1.807) is 20.1 Å². The van der Waals surface area contributed by atoms with Crippen molar-refractivity contribution in [2.45, 2.75) is 32.0 Å². The summed E-state index contributed by atoms with van der Waals surface area (Å²) in [5.41, 5.74) is 2.49. The molecule has 0 spiro atoms. The van der Waals surface area contributed by atoms with Crippen molar-refractivity contribution in [1.82, 2.24) is 0 Å². The highest BCUT2D eigenvalue weighted by molar-refractivity contribution is 5.58. The summed E-state index contributed by atoms with van der Waals surface area (Å²) >= 11 is 0. The molecule has 0 unspecified atom stereocenters. The lowest BCUT2D eigenvalue weighted by Crippen LogP contribution is -2.37. The topological polar surface area (TPSA) is 56.5 Å². The van der Waals surface area contributed by atoms with E-state index >= 15 is 0 Å². The molecule has 0 radical (unpaired) electrons.